The minimum atomic E-state index is -0.701. The van der Waals surface area contributed by atoms with Crippen LogP contribution in [-0.4, -0.2) is 27.6 Å². The summed E-state index contributed by atoms with van der Waals surface area (Å²) in [6.45, 7) is 2.03. The van der Waals surface area contributed by atoms with Crippen molar-refractivity contribution in [1.82, 2.24) is 9.78 Å². The molecule has 2 aromatic rings. The Balaban J connectivity index is 1.23. The predicted octanol–water partition coefficient (Wildman–Crippen LogP) is 3.50. The van der Waals surface area contributed by atoms with Crippen LogP contribution in [0.2, 0.25) is 0 Å². The van der Waals surface area contributed by atoms with Gasteiger partial charge in [0.05, 0.1) is 24.7 Å². The number of rotatable bonds is 6. The van der Waals surface area contributed by atoms with Crippen LogP contribution in [0, 0.1) is 23.2 Å². The summed E-state index contributed by atoms with van der Waals surface area (Å²) in [6.07, 6.45) is 7.45. The highest BCUT2D eigenvalue weighted by atomic mass is 16.5. The van der Waals surface area contributed by atoms with Crippen molar-refractivity contribution in [2.24, 2.45) is 23.2 Å². The zero-order valence-electron chi connectivity index (χ0n) is 17.4. The molecule has 1 aromatic heterocycles. The molecule has 4 aliphatic carbocycles. The first-order valence-corrected chi connectivity index (χ1v) is 11.1. The van der Waals surface area contributed by atoms with Crippen molar-refractivity contribution in [3.05, 3.63) is 40.7 Å². The van der Waals surface area contributed by atoms with Crippen LogP contribution in [0.3, 0.4) is 0 Å². The number of ketones is 1. The molecule has 1 heterocycles. The summed E-state index contributed by atoms with van der Waals surface area (Å²) in [5.41, 5.74) is 0.292. The molecular formula is C24H28N2O4. The first-order chi connectivity index (χ1) is 14.4. The molecule has 0 radical (unpaired) electrons. The Hall–Kier alpha value is -2.50. The van der Waals surface area contributed by atoms with E-state index in [1.165, 1.54) is 25.5 Å². The van der Waals surface area contributed by atoms with Crippen LogP contribution >= 0.6 is 0 Å². The molecule has 0 N–H and O–H groups in total. The standard InChI is InChI=1S/C24H28N2O4/c1-15(23(29)24-11-16-8-17(12-24)10-18(9-16)13-24)30-22(28)6-7-26-20-5-3-2-4-19(20)21(27)14-25-26/h2-5,14-18H,6-13H2,1H3. The predicted molar refractivity (Wildman–Crippen MR) is 112 cm³/mol. The lowest BCUT2D eigenvalue weighted by atomic mass is 9.48. The number of carbonyl (C=O) groups excluding carboxylic acids is 2. The highest BCUT2D eigenvalue weighted by Crippen LogP contribution is 2.60. The molecule has 0 aliphatic heterocycles. The van der Waals surface area contributed by atoms with Gasteiger partial charge in [0.25, 0.3) is 0 Å². The maximum atomic E-state index is 13.3. The molecule has 0 spiro atoms. The fourth-order valence-corrected chi connectivity index (χ4v) is 6.69. The first kappa shape index (κ1) is 19.5. The average molecular weight is 408 g/mol. The zero-order valence-corrected chi connectivity index (χ0v) is 17.4. The number of benzene rings is 1. The van der Waals surface area contributed by atoms with Crippen LogP contribution in [0.25, 0.3) is 10.9 Å². The van der Waals surface area contributed by atoms with Crippen LogP contribution in [0.1, 0.15) is 51.9 Å². The highest BCUT2D eigenvalue weighted by Gasteiger charge is 2.55. The molecule has 1 atom stereocenters. The molecule has 4 fully saturated rings. The van der Waals surface area contributed by atoms with E-state index in [9.17, 15) is 14.4 Å². The summed E-state index contributed by atoms with van der Waals surface area (Å²) in [4.78, 5) is 37.7. The maximum Gasteiger partial charge on any atom is 0.308 e. The summed E-state index contributed by atoms with van der Waals surface area (Å²) >= 11 is 0. The third-order valence-electron chi connectivity index (χ3n) is 7.53. The van der Waals surface area contributed by atoms with E-state index in [1.807, 2.05) is 12.1 Å². The minimum absolute atomic E-state index is 0.109. The van der Waals surface area contributed by atoms with Gasteiger partial charge in [-0.1, -0.05) is 12.1 Å². The Labute approximate surface area is 175 Å². The largest absolute Gasteiger partial charge is 0.455 e. The van der Waals surface area contributed by atoms with Crippen LogP contribution in [0.5, 0.6) is 0 Å². The summed E-state index contributed by atoms with van der Waals surface area (Å²) in [5.74, 6) is 1.78. The Kier molecular flexibility index (Phi) is 4.75. The third-order valence-corrected chi connectivity index (χ3v) is 7.53. The van der Waals surface area contributed by atoms with Gasteiger partial charge in [0.1, 0.15) is 0 Å². The molecule has 4 saturated carbocycles. The number of esters is 1. The van der Waals surface area contributed by atoms with Gasteiger partial charge in [-0.15, -0.1) is 0 Å². The Morgan fingerprint density at radius 1 is 1.13 bits per heavy atom. The lowest BCUT2D eigenvalue weighted by Gasteiger charge is -2.56. The average Bonchev–Trinajstić information content (AvgIpc) is 2.72. The molecular weight excluding hydrogens is 380 g/mol. The van der Waals surface area contributed by atoms with Crippen LogP contribution < -0.4 is 5.43 Å². The lowest BCUT2D eigenvalue weighted by Crippen LogP contribution is -2.52. The number of Topliss-reactive ketones (excluding diaryl/α,β-unsaturated/α-hetero) is 1. The van der Waals surface area contributed by atoms with Crippen LogP contribution in [-0.2, 0) is 20.9 Å². The van der Waals surface area contributed by atoms with E-state index in [2.05, 4.69) is 5.10 Å². The fourth-order valence-electron chi connectivity index (χ4n) is 6.69. The molecule has 6 heteroatoms. The molecule has 6 nitrogen and oxygen atoms in total. The number of hydrogen-bond acceptors (Lipinski definition) is 5. The molecule has 1 unspecified atom stereocenters. The van der Waals surface area contributed by atoms with Gasteiger partial charge < -0.3 is 4.74 Å². The van der Waals surface area contributed by atoms with E-state index >= 15 is 0 Å². The summed E-state index contributed by atoms with van der Waals surface area (Å²) in [7, 11) is 0. The zero-order chi connectivity index (χ0) is 20.9. The van der Waals surface area contributed by atoms with E-state index < -0.39 is 12.1 Å². The third kappa shape index (κ3) is 3.36. The number of ether oxygens (including phenoxy) is 1. The highest BCUT2D eigenvalue weighted by molar-refractivity contribution is 5.90. The van der Waals surface area contributed by atoms with Crippen LogP contribution in [0.4, 0.5) is 0 Å². The molecule has 30 heavy (non-hydrogen) atoms. The second kappa shape index (κ2) is 7.33. The van der Waals surface area contributed by atoms with Crippen molar-refractivity contribution >= 4 is 22.7 Å². The Bertz CT molecular complexity index is 1020. The number of aromatic nitrogens is 2. The number of nitrogens with zero attached hydrogens (tertiary/aromatic N) is 2. The first-order valence-electron chi connectivity index (χ1n) is 11.1. The Morgan fingerprint density at radius 2 is 1.77 bits per heavy atom. The minimum Gasteiger partial charge on any atom is -0.455 e. The van der Waals surface area contributed by atoms with Crippen molar-refractivity contribution in [3.63, 3.8) is 0 Å². The van der Waals surface area contributed by atoms with Gasteiger partial charge in [-0.3, -0.25) is 19.1 Å². The number of carbonyl (C=O) groups is 2. The van der Waals surface area contributed by atoms with E-state index in [1.54, 1.807) is 23.7 Å². The smallest absolute Gasteiger partial charge is 0.308 e. The fraction of sp³-hybridized carbons (Fsp3) is 0.583. The van der Waals surface area contributed by atoms with Crippen LogP contribution in [0.15, 0.2) is 35.3 Å². The molecule has 4 aliphatic rings. The monoisotopic (exact) mass is 408 g/mol. The van der Waals surface area contributed by atoms with Crippen molar-refractivity contribution in [2.45, 2.75) is 64.5 Å². The Morgan fingerprint density at radius 3 is 2.43 bits per heavy atom. The van der Waals surface area contributed by atoms with Crippen molar-refractivity contribution in [1.29, 1.82) is 0 Å². The van der Waals surface area contributed by atoms with Gasteiger partial charge in [-0.25, -0.2) is 0 Å². The topological polar surface area (TPSA) is 78.3 Å². The van der Waals surface area contributed by atoms with Crippen molar-refractivity contribution < 1.29 is 14.3 Å². The van der Waals surface area contributed by atoms with E-state index in [4.69, 9.17) is 4.74 Å². The normalized spacial score (nSPS) is 30.4. The summed E-state index contributed by atoms with van der Waals surface area (Å²) in [5, 5.41) is 4.72. The molecule has 1 aromatic carbocycles. The summed E-state index contributed by atoms with van der Waals surface area (Å²) in [6, 6.07) is 7.21. The second-order valence-electron chi connectivity index (χ2n) is 9.69. The van der Waals surface area contributed by atoms with E-state index in [-0.39, 0.29) is 23.0 Å². The van der Waals surface area contributed by atoms with Gasteiger partial charge in [-0.05, 0) is 75.3 Å². The molecule has 158 valence electrons. The van der Waals surface area contributed by atoms with Crippen molar-refractivity contribution in [3.8, 4) is 0 Å². The maximum absolute atomic E-state index is 13.3. The number of para-hydroxylation sites is 1. The van der Waals surface area contributed by atoms with Gasteiger partial charge in [0.15, 0.2) is 11.9 Å². The van der Waals surface area contributed by atoms with Gasteiger partial charge in [0.2, 0.25) is 5.43 Å². The quantitative estimate of drug-likeness (QED) is 0.684. The van der Waals surface area contributed by atoms with Crippen molar-refractivity contribution in [2.75, 3.05) is 0 Å². The second-order valence-corrected chi connectivity index (χ2v) is 9.69. The molecule has 6 rings (SSSR count). The molecule has 0 saturated heterocycles. The number of aryl methyl sites for hydroxylation is 1. The van der Waals surface area contributed by atoms with Gasteiger partial charge in [-0.2, -0.15) is 5.10 Å². The number of fused-ring (bicyclic) bond motifs is 1. The number of hydrogen-bond donors (Lipinski definition) is 0. The van der Waals surface area contributed by atoms with Gasteiger partial charge in [0, 0.05) is 10.8 Å². The SMILES string of the molecule is CC(OC(=O)CCn1ncc(=O)c2ccccc21)C(=O)C12CC3CC(CC(C3)C1)C2. The lowest BCUT2D eigenvalue weighted by molar-refractivity contribution is -0.165. The van der Waals surface area contributed by atoms with E-state index in [0.29, 0.717) is 35.2 Å². The van der Waals surface area contributed by atoms with E-state index in [0.717, 1.165) is 19.3 Å². The molecule has 0 amide bonds. The van der Waals surface area contributed by atoms with Gasteiger partial charge >= 0.3 is 5.97 Å². The molecule has 4 bridgehead atoms. The summed E-state index contributed by atoms with van der Waals surface area (Å²) < 4.78 is 7.21.